The van der Waals surface area contributed by atoms with Crippen LogP contribution < -0.4 is 15.4 Å². The number of carbonyl (C=O) groups excluding carboxylic acids is 1. The Morgan fingerprint density at radius 3 is 2.95 bits per heavy atom. The van der Waals surface area contributed by atoms with Crippen LogP contribution in [-0.2, 0) is 4.79 Å². The fourth-order valence-electron chi connectivity index (χ4n) is 2.38. The molecule has 1 heterocycles. The van der Waals surface area contributed by atoms with Crippen molar-refractivity contribution in [1.29, 1.82) is 0 Å². The van der Waals surface area contributed by atoms with Gasteiger partial charge in [0.25, 0.3) is 0 Å². The SMILES string of the molecule is COc1cccc([C@H](C)NC(=O)C2(C)CCNC2)c1. The molecular weight excluding hydrogens is 240 g/mol. The number of benzene rings is 1. The minimum atomic E-state index is -0.285. The predicted molar refractivity (Wildman–Crippen MR) is 75.1 cm³/mol. The lowest BCUT2D eigenvalue weighted by molar-refractivity contribution is -0.129. The van der Waals surface area contributed by atoms with Gasteiger partial charge in [-0.3, -0.25) is 4.79 Å². The van der Waals surface area contributed by atoms with Gasteiger partial charge in [0.1, 0.15) is 5.75 Å². The molecule has 0 aliphatic carbocycles. The molecule has 1 fully saturated rings. The van der Waals surface area contributed by atoms with Gasteiger partial charge in [0.05, 0.1) is 18.6 Å². The molecule has 1 unspecified atom stereocenters. The van der Waals surface area contributed by atoms with Crippen molar-refractivity contribution in [2.75, 3.05) is 20.2 Å². The van der Waals surface area contributed by atoms with Crippen molar-refractivity contribution < 1.29 is 9.53 Å². The fraction of sp³-hybridized carbons (Fsp3) is 0.533. The Bertz CT molecular complexity index is 453. The molecule has 1 aliphatic rings. The molecule has 2 rings (SSSR count). The van der Waals surface area contributed by atoms with Crippen LogP contribution in [0.2, 0.25) is 0 Å². The minimum Gasteiger partial charge on any atom is -0.497 e. The van der Waals surface area contributed by atoms with E-state index in [-0.39, 0.29) is 17.4 Å². The van der Waals surface area contributed by atoms with E-state index in [9.17, 15) is 4.79 Å². The monoisotopic (exact) mass is 262 g/mol. The third-order valence-electron chi connectivity index (χ3n) is 3.86. The van der Waals surface area contributed by atoms with E-state index in [0.29, 0.717) is 0 Å². The zero-order valence-corrected chi connectivity index (χ0v) is 11.8. The van der Waals surface area contributed by atoms with Crippen LogP contribution in [0.4, 0.5) is 0 Å². The van der Waals surface area contributed by atoms with Gasteiger partial charge in [0, 0.05) is 6.54 Å². The van der Waals surface area contributed by atoms with Crippen molar-refractivity contribution in [2.45, 2.75) is 26.3 Å². The molecule has 19 heavy (non-hydrogen) atoms. The van der Waals surface area contributed by atoms with Crippen molar-refractivity contribution in [3.05, 3.63) is 29.8 Å². The summed E-state index contributed by atoms with van der Waals surface area (Å²) in [5.41, 5.74) is 0.773. The molecule has 1 saturated heterocycles. The molecule has 2 N–H and O–H groups in total. The Morgan fingerprint density at radius 2 is 2.32 bits per heavy atom. The van der Waals surface area contributed by atoms with E-state index in [2.05, 4.69) is 10.6 Å². The van der Waals surface area contributed by atoms with Gasteiger partial charge in [-0.2, -0.15) is 0 Å². The molecule has 0 radical (unpaired) electrons. The summed E-state index contributed by atoms with van der Waals surface area (Å²) in [5.74, 6) is 0.931. The van der Waals surface area contributed by atoms with E-state index in [4.69, 9.17) is 4.74 Å². The van der Waals surface area contributed by atoms with Crippen LogP contribution in [0.3, 0.4) is 0 Å². The summed E-state index contributed by atoms with van der Waals surface area (Å²) >= 11 is 0. The number of hydrogen-bond acceptors (Lipinski definition) is 3. The van der Waals surface area contributed by atoms with Gasteiger partial charge < -0.3 is 15.4 Å². The summed E-state index contributed by atoms with van der Waals surface area (Å²) in [6, 6.07) is 7.79. The highest BCUT2D eigenvalue weighted by molar-refractivity contribution is 5.83. The average Bonchev–Trinajstić information content (AvgIpc) is 2.87. The fourth-order valence-corrected chi connectivity index (χ4v) is 2.38. The van der Waals surface area contributed by atoms with Crippen molar-refractivity contribution in [3.63, 3.8) is 0 Å². The van der Waals surface area contributed by atoms with Crippen molar-refractivity contribution in [2.24, 2.45) is 5.41 Å². The first-order chi connectivity index (χ1) is 9.05. The second kappa shape index (κ2) is 5.61. The van der Waals surface area contributed by atoms with E-state index < -0.39 is 0 Å². The molecule has 4 nitrogen and oxygen atoms in total. The molecule has 4 heteroatoms. The molecule has 0 saturated carbocycles. The summed E-state index contributed by atoms with van der Waals surface area (Å²) in [6.07, 6.45) is 0.893. The van der Waals surface area contributed by atoms with E-state index in [1.807, 2.05) is 38.1 Å². The van der Waals surface area contributed by atoms with Gasteiger partial charge in [-0.25, -0.2) is 0 Å². The summed E-state index contributed by atoms with van der Waals surface area (Å²) in [4.78, 5) is 12.3. The van der Waals surface area contributed by atoms with Crippen molar-refractivity contribution >= 4 is 5.91 Å². The summed E-state index contributed by atoms with van der Waals surface area (Å²) in [7, 11) is 1.65. The number of amides is 1. The Morgan fingerprint density at radius 1 is 1.53 bits per heavy atom. The first-order valence-corrected chi connectivity index (χ1v) is 6.71. The van der Waals surface area contributed by atoms with Gasteiger partial charge in [0.2, 0.25) is 5.91 Å². The number of ether oxygens (including phenoxy) is 1. The maximum atomic E-state index is 12.3. The Balaban J connectivity index is 2.03. The van der Waals surface area contributed by atoms with Crippen LogP contribution in [0, 0.1) is 5.41 Å². The molecule has 2 atom stereocenters. The lowest BCUT2D eigenvalue weighted by atomic mass is 9.88. The standard InChI is InChI=1S/C15H22N2O2/c1-11(12-5-4-6-13(9-12)19-3)17-14(18)15(2)7-8-16-10-15/h4-6,9,11,16H,7-8,10H2,1-3H3,(H,17,18)/t11-,15?/m0/s1. The molecule has 1 amide bonds. The lowest BCUT2D eigenvalue weighted by Gasteiger charge is -2.24. The van der Waals surface area contributed by atoms with E-state index in [1.165, 1.54) is 0 Å². The lowest BCUT2D eigenvalue weighted by Crippen LogP contribution is -2.41. The smallest absolute Gasteiger partial charge is 0.227 e. The Kier molecular flexibility index (Phi) is 4.10. The second-order valence-corrected chi connectivity index (χ2v) is 5.46. The highest BCUT2D eigenvalue weighted by atomic mass is 16.5. The van der Waals surface area contributed by atoms with Gasteiger partial charge in [-0.15, -0.1) is 0 Å². The summed E-state index contributed by atoms with van der Waals surface area (Å²) in [6.45, 7) is 5.68. The molecule has 1 aliphatic heterocycles. The maximum Gasteiger partial charge on any atom is 0.227 e. The van der Waals surface area contributed by atoms with Crippen LogP contribution in [0.1, 0.15) is 31.9 Å². The minimum absolute atomic E-state index is 0.0139. The summed E-state index contributed by atoms with van der Waals surface area (Å²) in [5, 5.41) is 6.34. The number of rotatable bonds is 4. The average molecular weight is 262 g/mol. The third-order valence-corrected chi connectivity index (χ3v) is 3.86. The maximum absolute atomic E-state index is 12.3. The number of hydrogen-bond donors (Lipinski definition) is 2. The highest BCUT2D eigenvalue weighted by Crippen LogP contribution is 2.26. The first kappa shape index (κ1) is 13.9. The van der Waals surface area contributed by atoms with Gasteiger partial charge in [-0.1, -0.05) is 12.1 Å². The van der Waals surface area contributed by atoms with E-state index in [1.54, 1.807) is 7.11 Å². The highest BCUT2D eigenvalue weighted by Gasteiger charge is 2.36. The normalized spacial score (nSPS) is 23.9. The quantitative estimate of drug-likeness (QED) is 0.871. The number of methoxy groups -OCH3 is 1. The van der Waals surface area contributed by atoms with E-state index >= 15 is 0 Å². The Hall–Kier alpha value is -1.55. The Labute approximate surface area is 114 Å². The molecular formula is C15H22N2O2. The molecule has 104 valence electrons. The molecule has 0 spiro atoms. The van der Waals surface area contributed by atoms with Gasteiger partial charge in [-0.05, 0) is 44.5 Å². The second-order valence-electron chi connectivity index (χ2n) is 5.46. The molecule has 0 bridgehead atoms. The molecule has 1 aromatic rings. The van der Waals surface area contributed by atoms with Gasteiger partial charge in [0.15, 0.2) is 0 Å². The number of carbonyl (C=O) groups is 1. The van der Waals surface area contributed by atoms with Crippen LogP contribution in [0.15, 0.2) is 24.3 Å². The van der Waals surface area contributed by atoms with Crippen LogP contribution in [-0.4, -0.2) is 26.1 Å². The van der Waals surface area contributed by atoms with Crippen LogP contribution in [0.5, 0.6) is 5.75 Å². The first-order valence-electron chi connectivity index (χ1n) is 6.71. The predicted octanol–water partition coefficient (Wildman–Crippen LogP) is 1.87. The van der Waals surface area contributed by atoms with Crippen molar-refractivity contribution in [3.8, 4) is 5.75 Å². The zero-order valence-electron chi connectivity index (χ0n) is 11.8. The third kappa shape index (κ3) is 3.07. The van der Waals surface area contributed by atoms with Crippen LogP contribution >= 0.6 is 0 Å². The van der Waals surface area contributed by atoms with Crippen molar-refractivity contribution in [1.82, 2.24) is 10.6 Å². The largest absolute Gasteiger partial charge is 0.497 e. The topological polar surface area (TPSA) is 50.4 Å². The van der Waals surface area contributed by atoms with Crippen LogP contribution in [0.25, 0.3) is 0 Å². The number of nitrogens with one attached hydrogen (secondary N) is 2. The van der Waals surface area contributed by atoms with E-state index in [0.717, 1.165) is 30.8 Å². The van der Waals surface area contributed by atoms with Gasteiger partial charge >= 0.3 is 0 Å². The molecule has 1 aromatic carbocycles. The zero-order chi connectivity index (χ0) is 13.9. The summed E-state index contributed by atoms with van der Waals surface area (Å²) < 4.78 is 5.21. The molecule has 0 aromatic heterocycles.